The van der Waals surface area contributed by atoms with E-state index in [0.29, 0.717) is 0 Å². The Hall–Kier alpha value is -1.58. The molecule has 0 aliphatic heterocycles. The lowest BCUT2D eigenvalue weighted by molar-refractivity contribution is 1.18. The van der Waals surface area contributed by atoms with Crippen LogP contribution in [-0.4, -0.2) is 4.57 Å². The van der Waals surface area contributed by atoms with E-state index >= 15 is 0 Å². The largest absolute Gasteiger partial charge is 0.308 e. The average molecular weight is 328 g/mol. The Bertz CT molecular complexity index is 874. The zero-order valence-corrected chi connectivity index (χ0v) is 12.4. The van der Waals surface area contributed by atoms with Crippen LogP contribution in [0, 0.1) is 0 Å². The van der Waals surface area contributed by atoms with Gasteiger partial charge in [-0.1, -0.05) is 34.1 Å². The molecule has 0 aliphatic rings. The summed E-state index contributed by atoms with van der Waals surface area (Å²) < 4.78 is 3.45. The second-order valence-electron chi connectivity index (χ2n) is 4.50. The fourth-order valence-electron chi connectivity index (χ4n) is 2.57. The van der Waals surface area contributed by atoms with Crippen LogP contribution in [0.25, 0.3) is 27.5 Å². The Morgan fingerprint density at radius 1 is 0.842 bits per heavy atom. The summed E-state index contributed by atoms with van der Waals surface area (Å²) >= 11 is 5.32. The van der Waals surface area contributed by atoms with Crippen molar-refractivity contribution in [3.05, 3.63) is 63.8 Å². The summed E-state index contributed by atoms with van der Waals surface area (Å²) in [5, 5.41) is 7.07. The van der Waals surface area contributed by atoms with Gasteiger partial charge in [0.25, 0.3) is 0 Å². The number of hydrogen-bond donors (Lipinski definition) is 0. The van der Waals surface area contributed by atoms with Crippen molar-refractivity contribution in [2.24, 2.45) is 0 Å². The van der Waals surface area contributed by atoms with Gasteiger partial charge in [0, 0.05) is 31.7 Å². The molecule has 2 heterocycles. The Kier molecular flexibility index (Phi) is 2.50. The van der Waals surface area contributed by atoms with E-state index in [-0.39, 0.29) is 0 Å². The molecule has 0 bridgehead atoms. The predicted molar refractivity (Wildman–Crippen MR) is 86.4 cm³/mol. The monoisotopic (exact) mass is 327 g/mol. The quantitative estimate of drug-likeness (QED) is 0.428. The van der Waals surface area contributed by atoms with Gasteiger partial charge in [-0.2, -0.15) is 0 Å². The number of rotatable bonds is 1. The highest BCUT2D eigenvalue weighted by Gasteiger charge is 2.12. The first-order chi connectivity index (χ1) is 9.34. The van der Waals surface area contributed by atoms with E-state index < -0.39 is 0 Å². The van der Waals surface area contributed by atoms with Crippen molar-refractivity contribution in [1.82, 2.24) is 4.57 Å². The zero-order chi connectivity index (χ0) is 12.8. The van der Waals surface area contributed by atoms with Crippen molar-refractivity contribution in [3.8, 4) is 5.69 Å². The molecular formula is C16H10BrNS. The number of nitrogens with zero attached hydrogens (tertiary/aromatic N) is 1. The Morgan fingerprint density at radius 2 is 1.68 bits per heavy atom. The van der Waals surface area contributed by atoms with Gasteiger partial charge in [0.05, 0.1) is 11.0 Å². The Labute approximate surface area is 123 Å². The lowest BCUT2D eigenvalue weighted by Gasteiger charge is -2.06. The number of fused-ring (bicyclic) bond motifs is 3. The van der Waals surface area contributed by atoms with Crippen LogP contribution < -0.4 is 0 Å². The number of para-hydroxylation sites is 1. The molecule has 4 aromatic rings. The summed E-state index contributed by atoms with van der Waals surface area (Å²) in [5.74, 6) is 0. The summed E-state index contributed by atoms with van der Waals surface area (Å²) in [5.41, 5.74) is 3.75. The van der Waals surface area contributed by atoms with Gasteiger partial charge in [-0.3, -0.25) is 0 Å². The lowest BCUT2D eigenvalue weighted by atomic mass is 10.2. The first-order valence-electron chi connectivity index (χ1n) is 6.06. The minimum atomic E-state index is 1.12. The Balaban J connectivity index is 2.20. The van der Waals surface area contributed by atoms with Crippen molar-refractivity contribution in [3.63, 3.8) is 0 Å². The fourth-order valence-corrected chi connectivity index (χ4v) is 3.74. The van der Waals surface area contributed by atoms with E-state index in [1.807, 2.05) is 0 Å². The number of hydrogen-bond acceptors (Lipinski definition) is 1. The molecular weight excluding hydrogens is 318 g/mol. The molecule has 0 aliphatic carbocycles. The lowest BCUT2D eigenvalue weighted by Crippen LogP contribution is -1.91. The fraction of sp³-hybridized carbons (Fsp3) is 0. The first-order valence-corrected chi connectivity index (χ1v) is 7.79. The maximum absolute atomic E-state index is 3.57. The van der Waals surface area contributed by atoms with Crippen molar-refractivity contribution in [2.75, 3.05) is 0 Å². The van der Waals surface area contributed by atoms with Crippen LogP contribution in [0.4, 0.5) is 0 Å². The second-order valence-corrected chi connectivity index (χ2v) is 6.16. The standard InChI is InChI=1S/C16H10BrNS/c17-11-6-7-15-13(8-11)14-9-19-10-16(14)18(15)12-4-2-1-3-5-12/h1-10H. The molecule has 2 aromatic carbocycles. The molecule has 3 heteroatoms. The maximum Gasteiger partial charge on any atom is 0.0648 e. The molecule has 1 nitrogen and oxygen atoms in total. The van der Waals surface area contributed by atoms with Gasteiger partial charge in [0.2, 0.25) is 0 Å². The molecule has 0 spiro atoms. The van der Waals surface area contributed by atoms with Gasteiger partial charge in [-0.05, 0) is 30.3 Å². The second kappa shape index (κ2) is 4.22. The molecule has 0 saturated carbocycles. The normalized spacial score (nSPS) is 11.4. The average Bonchev–Trinajstić information content (AvgIpc) is 3.00. The maximum atomic E-state index is 3.57. The van der Waals surface area contributed by atoms with Crippen molar-refractivity contribution < 1.29 is 0 Å². The number of thiophene rings is 1. The molecule has 92 valence electrons. The summed E-state index contributed by atoms with van der Waals surface area (Å²) in [6.45, 7) is 0. The topological polar surface area (TPSA) is 4.93 Å². The summed E-state index contributed by atoms with van der Waals surface area (Å²) in [6, 6.07) is 17.0. The molecule has 0 amide bonds. The van der Waals surface area contributed by atoms with Crippen LogP contribution in [-0.2, 0) is 0 Å². The highest BCUT2D eigenvalue weighted by molar-refractivity contribution is 9.10. The van der Waals surface area contributed by atoms with Crippen LogP contribution in [0.1, 0.15) is 0 Å². The van der Waals surface area contributed by atoms with Gasteiger partial charge >= 0.3 is 0 Å². The van der Waals surface area contributed by atoms with E-state index in [9.17, 15) is 0 Å². The Morgan fingerprint density at radius 3 is 2.53 bits per heavy atom. The van der Waals surface area contributed by atoms with Gasteiger partial charge in [0.1, 0.15) is 0 Å². The van der Waals surface area contributed by atoms with E-state index in [2.05, 4.69) is 79.8 Å². The van der Waals surface area contributed by atoms with E-state index in [4.69, 9.17) is 0 Å². The number of aromatic nitrogens is 1. The third kappa shape index (κ3) is 1.66. The smallest absolute Gasteiger partial charge is 0.0648 e. The molecule has 0 fully saturated rings. The van der Waals surface area contributed by atoms with E-state index in [1.54, 1.807) is 11.3 Å². The molecule has 19 heavy (non-hydrogen) atoms. The number of benzene rings is 2. The molecule has 0 saturated heterocycles. The molecule has 0 atom stereocenters. The SMILES string of the molecule is Brc1ccc2c(c1)c1cscc1n2-c1ccccc1. The molecule has 0 N–H and O–H groups in total. The minimum absolute atomic E-state index is 1.12. The highest BCUT2D eigenvalue weighted by atomic mass is 79.9. The third-order valence-corrected chi connectivity index (χ3v) is 4.61. The van der Waals surface area contributed by atoms with Gasteiger partial charge in [-0.25, -0.2) is 0 Å². The number of halogens is 1. The van der Waals surface area contributed by atoms with Crippen LogP contribution in [0.5, 0.6) is 0 Å². The minimum Gasteiger partial charge on any atom is -0.308 e. The van der Waals surface area contributed by atoms with Crippen molar-refractivity contribution in [2.45, 2.75) is 0 Å². The van der Waals surface area contributed by atoms with Gasteiger partial charge in [0.15, 0.2) is 0 Å². The van der Waals surface area contributed by atoms with Crippen LogP contribution in [0.2, 0.25) is 0 Å². The molecule has 0 radical (unpaired) electrons. The summed E-state index contributed by atoms with van der Waals surface area (Å²) in [6.07, 6.45) is 0. The first kappa shape index (κ1) is 11.3. The summed E-state index contributed by atoms with van der Waals surface area (Å²) in [7, 11) is 0. The van der Waals surface area contributed by atoms with Gasteiger partial charge in [-0.15, -0.1) is 11.3 Å². The van der Waals surface area contributed by atoms with E-state index in [0.717, 1.165) is 4.47 Å². The molecule has 0 unspecified atom stereocenters. The van der Waals surface area contributed by atoms with Crippen LogP contribution >= 0.6 is 27.3 Å². The summed E-state index contributed by atoms with van der Waals surface area (Å²) in [4.78, 5) is 0. The van der Waals surface area contributed by atoms with Crippen molar-refractivity contribution in [1.29, 1.82) is 0 Å². The molecule has 4 rings (SSSR count). The third-order valence-electron chi connectivity index (χ3n) is 3.39. The highest BCUT2D eigenvalue weighted by Crippen LogP contribution is 2.35. The van der Waals surface area contributed by atoms with Gasteiger partial charge < -0.3 is 4.57 Å². The van der Waals surface area contributed by atoms with Crippen LogP contribution in [0.15, 0.2) is 63.8 Å². The predicted octanol–water partition coefficient (Wildman–Crippen LogP) is 5.61. The molecule has 2 aromatic heterocycles. The van der Waals surface area contributed by atoms with Crippen LogP contribution in [0.3, 0.4) is 0 Å². The zero-order valence-electron chi connectivity index (χ0n) is 10.0. The van der Waals surface area contributed by atoms with Crippen molar-refractivity contribution >= 4 is 49.1 Å². The van der Waals surface area contributed by atoms with E-state index in [1.165, 1.54) is 27.5 Å².